The van der Waals surface area contributed by atoms with Gasteiger partial charge in [-0.15, -0.1) is 4.91 Å². The summed E-state index contributed by atoms with van der Waals surface area (Å²) in [6.45, 7) is 11.8. The zero-order chi connectivity index (χ0) is 29.1. The summed E-state index contributed by atoms with van der Waals surface area (Å²) >= 11 is 0. The van der Waals surface area contributed by atoms with Gasteiger partial charge in [0.15, 0.2) is 39.5 Å². The van der Waals surface area contributed by atoms with Crippen molar-refractivity contribution >= 4 is 45.1 Å². The Hall–Kier alpha value is -3.42. The maximum atomic E-state index is 14.9. The number of hydrogen-bond donors (Lipinski definition) is 2. The fourth-order valence-electron chi connectivity index (χ4n) is 4.04. The van der Waals surface area contributed by atoms with Gasteiger partial charge in [0, 0.05) is 30.0 Å². The normalized spacial score (nSPS) is 18.0. The molecule has 2 radical (unpaired) electrons. The van der Waals surface area contributed by atoms with Crippen molar-refractivity contribution in [3.05, 3.63) is 65.2 Å². The number of anilines is 4. The molecule has 210 valence electrons. The van der Waals surface area contributed by atoms with E-state index in [9.17, 15) is 13.7 Å². The lowest BCUT2D eigenvalue weighted by Gasteiger charge is -2.38. The topological polar surface area (TPSA) is 101 Å². The van der Waals surface area contributed by atoms with E-state index in [1.165, 1.54) is 24.3 Å². The minimum atomic E-state index is -1.93. The van der Waals surface area contributed by atoms with Crippen molar-refractivity contribution < 1.29 is 17.9 Å². The Morgan fingerprint density at radius 2 is 1.88 bits per heavy atom. The highest BCUT2D eigenvalue weighted by molar-refractivity contribution is 6.74. The third kappa shape index (κ3) is 7.20. The number of nitrogens with one attached hydrogen (secondary N) is 2. The van der Waals surface area contributed by atoms with Gasteiger partial charge in [0.2, 0.25) is 5.95 Å². The van der Waals surface area contributed by atoms with Crippen molar-refractivity contribution in [2.24, 2.45) is 5.18 Å². The number of nitroso groups, excluding NO2 is 1. The second-order valence-electron chi connectivity index (χ2n) is 11.3. The molecule has 0 spiro atoms. The van der Waals surface area contributed by atoms with Gasteiger partial charge >= 0.3 is 0 Å². The Bertz CT molecular complexity index is 1360. The molecular weight excluding hydrogens is 533 g/mol. The second-order valence-corrected chi connectivity index (χ2v) is 16.1. The van der Waals surface area contributed by atoms with E-state index in [0.717, 1.165) is 6.20 Å². The number of hydrogen-bond acceptors (Lipinski definition) is 9. The number of benzene rings is 2. The van der Waals surface area contributed by atoms with Crippen LogP contribution in [0.3, 0.4) is 0 Å². The van der Waals surface area contributed by atoms with Crippen molar-refractivity contribution in [2.45, 2.75) is 57.5 Å². The molecule has 1 fully saturated rings. The van der Waals surface area contributed by atoms with Crippen LogP contribution in [-0.2, 0) is 4.43 Å². The van der Waals surface area contributed by atoms with Crippen LogP contribution in [0.1, 0.15) is 27.2 Å². The molecule has 2 atom stereocenters. The zero-order valence-electron chi connectivity index (χ0n) is 23.2. The minimum Gasteiger partial charge on any atom is -0.489 e. The summed E-state index contributed by atoms with van der Waals surface area (Å²) in [5, 5.41) is 8.60. The first kappa shape index (κ1) is 29.6. The van der Waals surface area contributed by atoms with E-state index in [1.54, 1.807) is 23.0 Å². The molecule has 3 aromatic rings. The molecule has 4 rings (SSSR count). The summed E-state index contributed by atoms with van der Waals surface area (Å²) in [6.07, 6.45) is 1.70. The van der Waals surface area contributed by atoms with Crippen LogP contribution >= 0.6 is 0 Å². The number of ether oxygens (including phenoxy) is 1. The Balaban J connectivity index is 1.36. The molecule has 0 unspecified atom stereocenters. The maximum Gasteiger partial charge on any atom is 0.229 e. The maximum absolute atomic E-state index is 14.9. The molecule has 13 heteroatoms. The van der Waals surface area contributed by atoms with Gasteiger partial charge in [-0.1, -0.05) is 26.8 Å². The zero-order valence-corrected chi connectivity index (χ0v) is 24.2. The smallest absolute Gasteiger partial charge is 0.229 e. The summed E-state index contributed by atoms with van der Waals surface area (Å²) in [6, 6.07) is 10.4. The number of halogens is 2. The first-order valence-corrected chi connectivity index (χ1v) is 15.9. The van der Waals surface area contributed by atoms with E-state index in [4.69, 9.17) is 17.1 Å². The first-order chi connectivity index (χ1) is 18.8. The average Bonchev–Trinajstić information content (AvgIpc) is 3.23. The predicted octanol–water partition coefficient (Wildman–Crippen LogP) is 6.57. The highest BCUT2D eigenvalue weighted by Gasteiger charge is 2.41. The lowest BCUT2D eigenvalue weighted by molar-refractivity contribution is 0.190. The van der Waals surface area contributed by atoms with Gasteiger partial charge in [-0.3, -0.25) is 0 Å². The van der Waals surface area contributed by atoms with Crippen LogP contribution < -0.4 is 15.4 Å². The molecule has 2 N–H and O–H groups in total. The van der Waals surface area contributed by atoms with Gasteiger partial charge < -0.3 is 24.6 Å². The molecule has 1 aliphatic rings. The Kier molecular flexibility index (Phi) is 8.86. The van der Waals surface area contributed by atoms with Crippen LogP contribution in [0.25, 0.3) is 0 Å². The number of nitrogens with zero attached hydrogens (tertiary/aromatic N) is 4. The highest BCUT2D eigenvalue weighted by Crippen LogP contribution is 2.39. The van der Waals surface area contributed by atoms with Crippen molar-refractivity contribution in [1.29, 1.82) is 0 Å². The fraction of sp³-hybridized carbons (Fsp3) is 0.407. The highest BCUT2D eigenvalue weighted by atomic mass is 28.4. The molecule has 2 aromatic carbocycles. The molecule has 0 saturated carbocycles. The first-order valence-electron chi connectivity index (χ1n) is 13.0. The van der Waals surface area contributed by atoms with Crippen LogP contribution in [0.5, 0.6) is 5.75 Å². The van der Waals surface area contributed by atoms with Crippen molar-refractivity contribution in [2.75, 3.05) is 23.8 Å². The molecule has 1 aromatic heterocycles. The van der Waals surface area contributed by atoms with E-state index in [1.807, 2.05) is 0 Å². The lowest BCUT2D eigenvalue weighted by atomic mass is 10.2. The van der Waals surface area contributed by atoms with Crippen molar-refractivity contribution in [3.63, 3.8) is 0 Å². The third-order valence-corrected chi connectivity index (χ3v) is 11.8. The van der Waals surface area contributed by atoms with E-state index < -0.39 is 20.0 Å². The van der Waals surface area contributed by atoms with Crippen molar-refractivity contribution in [1.82, 2.24) is 14.8 Å². The number of aromatic nitrogens is 2. The molecule has 1 saturated heterocycles. The third-order valence-electron chi connectivity index (χ3n) is 7.26. The largest absolute Gasteiger partial charge is 0.489 e. The quantitative estimate of drug-likeness (QED) is 0.210. The van der Waals surface area contributed by atoms with E-state index in [0.29, 0.717) is 24.3 Å². The van der Waals surface area contributed by atoms with Gasteiger partial charge in [0.1, 0.15) is 12.3 Å². The van der Waals surface area contributed by atoms with Gasteiger partial charge in [0.05, 0.1) is 12.3 Å². The van der Waals surface area contributed by atoms with Crippen LogP contribution in [0.4, 0.5) is 37.6 Å². The molecular formula is C27H33BF2N6O3Si. The number of rotatable bonds is 10. The molecule has 9 nitrogen and oxygen atoms in total. The van der Waals surface area contributed by atoms with Crippen LogP contribution in [0.15, 0.2) is 53.8 Å². The summed E-state index contributed by atoms with van der Waals surface area (Å²) < 4.78 is 41.4. The van der Waals surface area contributed by atoms with E-state index in [2.05, 4.69) is 59.6 Å². The summed E-state index contributed by atoms with van der Waals surface area (Å²) in [4.78, 5) is 20.5. The van der Waals surface area contributed by atoms with Gasteiger partial charge in [0.25, 0.3) is 0 Å². The Morgan fingerprint density at radius 3 is 2.58 bits per heavy atom. The molecule has 1 aliphatic heterocycles. The predicted molar refractivity (Wildman–Crippen MR) is 155 cm³/mol. The molecule has 40 heavy (non-hydrogen) atoms. The second kappa shape index (κ2) is 12.0. The van der Waals surface area contributed by atoms with Gasteiger partial charge in [-0.2, -0.15) is 4.98 Å². The molecule has 2 heterocycles. The average molecular weight is 566 g/mol. The molecule has 0 bridgehead atoms. The summed E-state index contributed by atoms with van der Waals surface area (Å²) in [5.74, 6) is -1.29. The van der Waals surface area contributed by atoms with Gasteiger partial charge in [-0.25, -0.2) is 13.8 Å². The van der Waals surface area contributed by atoms with E-state index in [-0.39, 0.29) is 47.0 Å². The summed E-state index contributed by atoms with van der Waals surface area (Å²) in [5.41, 5.74) is 0.949. The summed E-state index contributed by atoms with van der Waals surface area (Å²) in [7, 11) is 4.28. The lowest BCUT2D eigenvalue weighted by Crippen LogP contribution is -2.44. The van der Waals surface area contributed by atoms with Crippen LogP contribution in [0, 0.1) is 16.5 Å². The Morgan fingerprint density at radius 1 is 1.12 bits per heavy atom. The van der Waals surface area contributed by atoms with Crippen LogP contribution in [0.2, 0.25) is 18.1 Å². The molecule has 0 aliphatic carbocycles. The van der Waals surface area contributed by atoms with Crippen LogP contribution in [-0.4, -0.2) is 56.4 Å². The SMILES string of the molecule is [B]N1C[C@H](O[Si](C)(C)C(C)(C)C)C[C@H]1COc1ccc(Nc2ncc(F)c(Nc3cccc(N=O)c3)n2)cc1F. The monoisotopic (exact) mass is 566 g/mol. The Labute approximate surface area is 235 Å². The van der Waals surface area contributed by atoms with Crippen molar-refractivity contribution in [3.8, 4) is 5.75 Å². The fourth-order valence-corrected chi connectivity index (χ4v) is 5.40. The standard InChI is InChI=1S/C27H33BF2N6O3Si/c1-27(2,3)40(4,5)39-21-13-20(36(28)15-21)16-38-24-10-9-18(12-22(24)29)33-26-31-14-23(30)25(34-26)32-17-7-6-8-19(11-17)35-37/h6-12,14,20-21H,13,15-16H2,1-5H3,(H2,31,32,33,34)/t20-,21+/m0/s1. The molecule has 0 amide bonds. The van der Waals surface area contributed by atoms with Gasteiger partial charge in [-0.05, 0) is 60.1 Å². The minimum absolute atomic E-state index is 0.0108. The van der Waals surface area contributed by atoms with E-state index >= 15 is 0 Å².